The summed E-state index contributed by atoms with van der Waals surface area (Å²) < 4.78 is 0. The van der Waals surface area contributed by atoms with Gasteiger partial charge >= 0.3 is 0 Å². The van der Waals surface area contributed by atoms with Crippen molar-refractivity contribution in [2.24, 2.45) is 5.73 Å². The highest BCUT2D eigenvalue weighted by Crippen LogP contribution is 2.32. The number of rotatable bonds is 0. The summed E-state index contributed by atoms with van der Waals surface area (Å²) in [7, 11) is 0. The number of nitrogens with zero attached hydrogens (tertiary/aromatic N) is 1. The first-order chi connectivity index (χ1) is 5.20. The van der Waals surface area contributed by atoms with Gasteiger partial charge in [-0.1, -0.05) is 0 Å². The van der Waals surface area contributed by atoms with Crippen LogP contribution in [0, 0.1) is 0 Å². The lowest BCUT2D eigenvalue weighted by molar-refractivity contribution is -0.130. The molecule has 2 aliphatic rings. The molecule has 2 aliphatic heterocycles. The molecule has 3 heteroatoms. The van der Waals surface area contributed by atoms with Crippen molar-refractivity contribution in [2.45, 2.75) is 44.3 Å². The van der Waals surface area contributed by atoms with Crippen LogP contribution in [0.4, 0.5) is 0 Å². The van der Waals surface area contributed by atoms with Crippen molar-refractivity contribution in [2.75, 3.05) is 0 Å². The molecule has 2 unspecified atom stereocenters. The Morgan fingerprint density at radius 3 is 2.91 bits per heavy atom. The summed E-state index contributed by atoms with van der Waals surface area (Å²) >= 11 is 0. The topological polar surface area (TPSA) is 46.3 Å². The van der Waals surface area contributed by atoms with Gasteiger partial charge in [0.25, 0.3) is 0 Å². The average molecular weight is 154 g/mol. The third-order valence-electron chi connectivity index (χ3n) is 2.88. The second kappa shape index (κ2) is 2.21. The molecule has 2 N–H and O–H groups in total. The quantitative estimate of drug-likeness (QED) is 0.537. The van der Waals surface area contributed by atoms with Crippen molar-refractivity contribution in [1.29, 1.82) is 0 Å². The van der Waals surface area contributed by atoms with E-state index in [-0.39, 0.29) is 11.9 Å². The highest BCUT2D eigenvalue weighted by molar-refractivity contribution is 5.84. The van der Waals surface area contributed by atoms with E-state index in [0.717, 1.165) is 19.3 Å². The number of amides is 1. The van der Waals surface area contributed by atoms with Gasteiger partial charge in [-0.2, -0.15) is 0 Å². The first-order valence-electron chi connectivity index (χ1n) is 4.28. The van der Waals surface area contributed by atoms with E-state index in [2.05, 4.69) is 6.92 Å². The van der Waals surface area contributed by atoms with E-state index in [4.69, 9.17) is 5.73 Å². The van der Waals surface area contributed by atoms with Gasteiger partial charge in [0.15, 0.2) is 0 Å². The van der Waals surface area contributed by atoms with Crippen molar-refractivity contribution in [1.82, 2.24) is 4.90 Å². The zero-order chi connectivity index (χ0) is 8.01. The molecular formula is C8H14N2O. The van der Waals surface area contributed by atoms with Gasteiger partial charge < -0.3 is 10.6 Å². The molecule has 0 spiro atoms. The first kappa shape index (κ1) is 7.10. The van der Waals surface area contributed by atoms with E-state index in [1.165, 1.54) is 0 Å². The van der Waals surface area contributed by atoms with E-state index in [0.29, 0.717) is 12.1 Å². The van der Waals surface area contributed by atoms with Crippen LogP contribution < -0.4 is 5.73 Å². The Kier molecular flexibility index (Phi) is 1.42. The molecule has 1 amide bonds. The van der Waals surface area contributed by atoms with Crippen LogP contribution in [-0.2, 0) is 4.79 Å². The molecule has 2 rings (SSSR count). The number of nitrogens with two attached hydrogens (primary N) is 1. The Morgan fingerprint density at radius 2 is 2.27 bits per heavy atom. The number of hydrogen-bond donors (Lipinski definition) is 1. The summed E-state index contributed by atoms with van der Waals surface area (Å²) in [5.74, 6) is 0.167. The molecular weight excluding hydrogens is 140 g/mol. The first-order valence-corrected chi connectivity index (χ1v) is 4.28. The van der Waals surface area contributed by atoms with Gasteiger partial charge in [-0.05, 0) is 26.2 Å². The molecule has 11 heavy (non-hydrogen) atoms. The van der Waals surface area contributed by atoms with E-state index >= 15 is 0 Å². The van der Waals surface area contributed by atoms with E-state index in [1.54, 1.807) is 0 Å². The Bertz CT molecular complexity index is 193. The fourth-order valence-corrected chi connectivity index (χ4v) is 2.29. The van der Waals surface area contributed by atoms with E-state index in [9.17, 15) is 4.79 Å². The molecule has 0 aliphatic carbocycles. The van der Waals surface area contributed by atoms with Crippen LogP contribution in [0.5, 0.6) is 0 Å². The molecule has 0 aromatic carbocycles. The normalized spacial score (nSPS) is 43.3. The van der Waals surface area contributed by atoms with Crippen LogP contribution in [0.3, 0.4) is 0 Å². The highest BCUT2D eigenvalue weighted by Gasteiger charge is 2.43. The predicted molar refractivity (Wildman–Crippen MR) is 41.9 cm³/mol. The van der Waals surface area contributed by atoms with Gasteiger partial charge in [-0.3, -0.25) is 4.79 Å². The molecule has 0 aromatic rings. The van der Waals surface area contributed by atoms with Gasteiger partial charge in [0, 0.05) is 12.1 Å². The van der Waals surface area contributed by atoms with Crippen LogP contribution in [-0.4, -0.2) is 28.9 Å². The Hall–Kier alpha value is -0.570. The minimum atomic E-state index is -0.206. The van der Waals surface area contributed by atoms with Crippen LogP contribution in [0.15, 0.2) is 0 Å². The summed E-state index contributed by atoms with van der Waals surface area (Å²) in [5.41, 5.74) is 5.64. The summed E-state index contributed by atoms with van der Waals surface area (Å²) in [5, 5.41) is 0. The SMILES string of the molecule is C[C@@H]1CCC2CC(N)C(=O)N21. The summed E-state index contributed by atoms with van der Waals surface area (Å²) in [4.78, 5) is 13.4. The zero-order valence-electron chi connectivity index (χ0n) is 6.79. The second-order valence-electron chi connectivity index (χ2n) is 3.67. The van der Waals surface area contributed by atoms with E-state index < -0.39 is 0 Å². The molecule has 3 nitrogen and oxygen atoms in total. The highest BCUT2D eigenvalue weighted by atomic mass is 16.2. The maximum atomic E-state index is 11.4. The van der Waals surface area contributed by atoms with Gasteiger partial charge in [0.1, 0.15) is 0 Å². The fraction of sp³-hybridized carbons (Fsp3) is 0.875. The molecule has 0 aromatic heterocycles. The third-order valence-corrected chi connectivity index (χ3v) is 2.88. The van der Waals surface area contributed by atoms with Gasteiger partial charge in [-0.25, -0.2) is 0 Å². The Labute approximate surface area is 66.5 Å². The maximum absolute atomic E-state index is 11.4. The molecule has 2 saturated heterocycles. The van der Waals surface area contributed by atoms with Crippen molar-refractivity contribution in [3.05, 3.63) is 0 Å². The number of carbonyl (C=O) groups excluding carboxylic acids is 1. The summed E-state index contributed by atoms with van der Waals surface area (Å²) in [6, 6.07) is 0.691. The van der Waals surface area contributed by atoms with Crippen molar-refractivity contribution in [3.8, 4) is 0 Å². The van der Waals surface area contributed by atoms with Crippen LogP contribution in [0.2, 0.25) is 0 Å². The number of carbonyl (C=O) groups is 1. The molecule has 3 atom stereocenters. The molecule has 0 bridgehead atoms. The van der Waals surface area contributed by atoms with E-state index in [1.807, 2.05) is 4.90 Å². The number of fused-ring (bicyclic) bond motifs is 1. The van der Waals surface area contributed by atoms with Crippen LogP contribution >= 0.6 is 0 Å². The number of hydrogen-bond acceptors (Lipinski definition) is 2. The van der Waals surface area contributed by atoms with Gasteiger partial charge in [0.05, 0.1) is 6.04 Å². The zero-order valence-corrected chi connectivity index (χ0v) is 6.79. The summed E-state index contributed by atoms with van der Waals surface area (Å²) in [6.45, 7) is 2.11. The lowest BCUT2D eigenvalue weighted by atomic mass is 10.1. The molecule has 0 radical (unpaired) electrons. The maximum Gasteiger partial charge on any atom is 0.240 e. The van der Waals surface area contributed by atoms with Crippen LogP contribution in [0.1, 0.15) is 26.2 Å². The lowest BCUT2D eigenvalue weighted by Crippen LogP contribution is -2.38. The molecule has 2 heterocycles. The minimum Gasteiger partial charge on any atom is -0.336 e. The van der Waals surface area contributed by atoms with Gasteiger partial charge in [0.2, 0.25) is 5.91 Å². The molecule has 0 saturated carbocycles. The third kappa shape index (κ3) is 0.872. The van der Waals surface area contributed by atoms with Crippen molar-refractivity contribution < 1.29 is 4.79 Å². The fourth-order valence-electron chi connectivity index (χ4n) is 2.29. The summed E-state index contributed by atoms with van der Waals surface area (Å²) in [6.07, 6.45) is 3.19. The monoisotopic (exact) mass is 154 g/mol. The van der Waals surface area contributed by atoms with Gasteiger partial charge in [-0.15, -0.1) is 0 Å². The predicted octanol–water partition coefficient (Wildman–Crippen LogP) is 0.0969. The van der Waals surface area contributed by atoms with Crippen molar-refractivity contribution >= 4 is 5.91 Å². The minimum absolute atomic E-state index is 0.167. The standard InChI is InChI=1S/C8H14N2O/c1-5-2-3-6-4-7(9)8(11)10(5)6/h5-7H,2-4,9H2,1H3/t5-,6?,7?/m1/s1. The molecule has 62 valence electrons. The largest absolute Gasteiger partial charge is 0.336 e. The second-order valence-corrected chi connectivity index (χ2v) is 3.67. The Morgan fingerprint density at radius 1 is 1.55 bits per heavy atom. The van der Waals surface area contributed by atoms with Crippen LogP contribution in [0.25, 0.3) is 0 Å². The van der Waals surface area contributed by atoms with Crippen molar-refractivity contribution in [3.63, 3.8) is 0 Å². The molecule has 2 fully saturated rings. The Balaban J connectivity index is 2.20. The average Bonchev–Trinajstić information content (AvgIpc) is 2.41. The smallest absolute Gasteiger partial charge is 0.240 e. The lowest BCUT2D eigenvalue weighted by Gasteiger charge is -2.20.